The van der Waals surface area contributed by atoms with Gasteiger partial charge in [-0.2, -0.15) is 13.2 Å². The molecule has 1 heterocycles. The van der Waals surface area contributed by atoms with Crippen LogP contribution in [-0.2, 0) is 11.3 Å². The van der Waals surface area contributed by atoms with E-state index in [0.717, 1.165) is 15.6 Å². The summed E-state index contributed by atoms with van der Waals surface area (Å²) in [5, 5.41) is 2.77. The van der Waals surface area contributed by atoms with Gasteiger partial charge in [0.1, 0.15) is 18.9 Å². The lowest BCUT2D eigenvalue weighted by molar-refractivity contribution is -0.145. The van der Waals surface area contributed by atoms with Gasteiger partial charge in [0.25, 0.3) is 5.91 Å². The highest BCUT2D eigenvalue weighted by atomic mass is 32.1. The number of carbonyl (C=O) groups excluding carboxylic acids is 1. The van der Waals surface area contributed by atoms with Gasteiger partial charge in [-0.3, -0.25) is 4.79 Å². The molecule has 1 aromatic carbocycles. The fourth-order valence-electron chi connectivity index (χ4n) is 2.47. The van der Waals surface area contributed by atoms with Crippen molar-refractivity contribution in [2.45, 2.75) is 32.7 Å². The van der Waals surface area contributed by atoms with E-state index in [9.17, 15) is 18.0 Å². The lowest BCUT2D eigenvalue weighted by Crippen LogP contribution is -2.46. The van der Waals surface area contributed by atoms with Gasteiger partial charge in [0.15, 0.2) is 0 Å². The maximum atomic E-state index is 12.9. The van der Waals surface area contributed by atoms with Crippen LogP contribution in [0.5, 0.6) is 5.75 Å². The Hall–Kier alpha value is -2.13. The van der Waals surface area contributed by atoms with E-state index in [1.807, 2.05) is 12.3 Å². The number of amides is 1. The zero-order chi connectivity index (χ0) is 20.0. The Morgan fingerprint density at radius 3 is 2.70 bits per heavy atom. The van der Waals surface area contributed by atoms with Crippen LogP contribution < -0.4 is 4.74 Å². The standard InChI is InChI=1S/C18H21F3N2O3S/c1-12(8-25-3)23(11-18(19,20)21)17(24)14-5-4-6-16(7-14)26-9-15-10-27-13(2)22-15/h4-7,10,12H,8-9,11H2,1-3H3/t12-/m1/s1. The number of methoxy groups -OCH3 is 1. The Kier molecular flexibility index (Phi) is 7.20. The van der Waals surface area contributed by atoms with E-state index in [-0.39, 0.29) is 18.8 Å². The van der Waals surface area contributed by atoms with Gasteiger partial charge >= 0.3 is 6.18 Å². The molecule has 0 saturated heterocycles. The maximum absolute atomic E-state index is 12.9. The minimum absolute atomic E-state index is 0.00118. The Bertz CT molecular complexity index is 764. The third kappa shape index (κ3) is 6.51. The Morgan fingerprint density at radius 1 is 1.37 bits per heavy atom. The van der Waals surface area contributed by atoms with Gasteiger partial charge in [-0.05, 0) is 32.0 Å². The normalized spacial score (nSPS) is 12.7. The quantitative estimate of drug-likeness (QED) is 0.668. The van der Waals surface area contributed by atoms with Crippen molar-refractivity contribution in [1.29, 1.82) is 0 Å². The van der Waals surface area contributed by atoms with Crippen LogP contribution in [0.4, 0.5) is 13.2 Å². The zero-order valence-corrected chi connectivity index (χ0v) is 16.1. The first kappa shape index (κ1) is 21.2. The molecule has 0 N–H and O–H groups in total. The largest absolute Gasteiger partial charge is 0.487 e. The van der Waals surface area contributed by atoms with Crippen molar-refractivity contribution in [3.8, 4) is 5.75 Å². The van der Waals surface area contributed by atoms with Gasteiger partial charge < -0.3 is 14.4 Å². The van der Waals surface area contributed by atoms with E-state index in [4.69, 9.17) is 9.47 Å². The molecule has 148 valence electrons. The topological polar surface area (TPSA) is 51.7 Å². The molecule has 2 aromatic rings. The van der Waals surface area contributed by atoms with E-state index < -0.39 is 24.7 Å². The highest BCUT2D eigenvalue weighted by molar-refractivity contribution is 7.09. The molecule has 0 unspecified atom stereocenters. The smallest absolute Gasteiger partial charge is 0.406 e. The van der Waals surface area contributed by atoms with Crippen molar-refractivity contribution in [3.05, 3.63) is 45.9 Å². The number of carbonyl (C=O) groups is 1. The average molecular weight is 402 g/mol. The lowest BCUT2D eigenvalue weighted by atomic mass is 10.1. The highest BCUT2D eigenvalue weighted by Crippen LogP contribution is 2.22. The first-order chi connectivity index (χ1) is 12.7. The summed E-state index contributed by atoms with van der Waals surface area (Å²) in [7, 11) is 1.38. The average Bonchev–Trinajstić information content (AvgIpc) is 3.02. The Balaban J connectivity index is 2.14. The van der Waals surface area contributed by atoms with Crippen LogP contribution >= 0.6 is 11.3 Å². The number of halogens is 3. The Labute approximate surface area is 159 Å². The molecule has 1 amide bonds. The van der Waals surface area contributed by atoms with Gasteiger partial charge in [0.05, 0.1) is 23.4 Å². The molecule has 0 bridgehead atoms. The lowest BCUT2D eigenvalue weighted by Gasteiger charge is -2.29. The Morgan fingerprint density at radius 2 is 2.11 bits per heavy atom. The second-order valence-electron chi connectivity index (χ2n) is 6.03. The van der Waals surface area contributed by atoms with Crippen LogP contribution in [0.3, 0.4) is 0 Å². The van der Waals surface area contributed by atoms with Crippen LogP contribution in [0.25, 0.3) is 0 Å². The summed E-state index contributed by atoms with van der Waals surface area (Å²) >= 11 is 1.49. The molecule has 0 spiro atoms. The van der Waals surface area contributed by atoms with E-state index in [1.54, 1.807) is 12.1 Å². The SMILES string of the molecule is COC[C@@H](C)N(CC(F)(F)F)C(=O)c1cccc(OCc2csc(C)n2)c1. The molecule has 0 fully saturated rings. The molecule has 27 heavy (non-hydrogen) atoms. The van der Waals surface area contributed by atoms with Gasteiger partial charge in [-0.15, -0.1) is 11.3 Å². The van der Waals surface area contributed by atoms with Crippen LogP contribution in [-0.4, -0.2) is 48.3 Å². The summed E-state index contributed by atoms with van der Waals surface area (Å²) < 4.78 is 49.2. The van der Waals surface area contributed by atoms with E-state index in [2.05, 4.69) is 4.98 Å². The number of hydrogen-bond acceptors (Lipinski definition) is 5. The van der Waals surface area contributed by atoms with E-state index in [0.29, 0.717) is 5.75 Å². The molecule has 1 aromatic heterocycles. The van der Waals surface area contributed by atoms with E-state index in [1.165, 1.54) is 37.5 Å². The summed E-state index contributed by atoms with van der Waals surface area (Å²) in [4.78, 5) is 17.7. The van der Waals surface area contributed by atoms with Crippen molar-refractivity contribution < 1.29 is 27.4 Å². The van der Waals surface area contributed by atoms with Gasteiger partial charge in [-0.25, -0.2) is 4.98 Å². The molecule has 2 rings (SSSR count). The predicted octanol–water partition coefficient (Wildman–Crippen LogP) is 4.07. The first-order valence-corrected chi connectivity index (χ1v) is 9.08. The molecule has 0 radical (unpaired) electrons. The fraction of sp³-hybridized carbons (Fsp3) is 0.444. The molecule has 9 heteroatoms. The van der Waals surface area contributed by atoms with Crippen molar-refractivity contribution >= 4 is 17.2 Å². The number of thiazole rings is 1. The number of aryl methyl sites for hydroxylation is 1. The van der Waals surface area contributed by atoms with Crippen molar-refractivity contribution in [2.24, 2.45) is 0 Å². The number of aromatic nitrogens is 1. The fourth-order valence-corrected chi connectivity index (χ4v) is 3.07. The predicted molar refractivity (Wildman–Crippen MR) is 96.1 cm³/mol. The number of alkyl halides is 3. The summed E-state index contributed by atoms with van der Waals surface area (Å²) in [6.07, 6.45) is -4.51. The monoisotopic (exact) mass is 402 g/mol. The van der Waals surface area contributed by atoms with Crippen molar-refractivity contribution in [3.63, 3.8) is 0 Å². The number of ether oxygens (including phenoxy) is 2. The number of rotatable bonds is 8. The molecule has 0 aliphatic rings. The van der Waals surface area contributed by atoms with Crippen LogP contribution in [0, 0.1) is 6.92 Å². The van der Waals surface area contributed by atoms with Crippen molar-refractivity contribution in [2.75, 3.05) is 20.3 Å². The van der Waals surface area contributed by atoms with Crippen molar-refractivity contribution in [1.82, 2.24) is 9.88 Å². The minimum Gasteiger partial charge on any atom is -0.487 e. The van der Waals surface area contributed by atoms with Crippen LogP contribution in [0.15, 0.2) is 29.6 Å². The molecule has 1 atom stereocenters. The molecule has 0 aliphatic carbocycles. The van der Waals surface area contributed by atoms with Gasteiger partial charge in [-0.1, -0.05) is 6.07 Å². The number of benzene rings is 1. The number of hydrogen-bond donors (Lipinski definition) is 0. The molecular formula is C18H21F3N2O3S. The number of nitrogens with zero attached hydrogens (tertiary/aromatic N) is 2. The third-order valence-electron chi connectivity index (χ3n) is 3.68. The molecule has 0 aliphatic heterocycles. The summed E-state index contributed by atoms with van der Waals surface area (Å²) in [6.45, 7) is 2.26. The van der Waals surface area contributed by atoms with Crippen LogP contribution in [0.2, 0.25) is 0 Å². The highest BCUT2D eigenvalue weighted by Gasteiger charge is 2.35. The molecule has 0 saturated carbocycles. The maximum Gasteiger partial charge on any atom is 0.406 e. The minimum atomic E-state index is -4.51. The summed E-state index contributed by atoms with van der Waals surface area (Å²) in [5.41, 5.74) is 0.871. The molecule has 5 nitrogen and oxygen atoms in total. The summed E-state index contributed by atoms with van der Waals surface area (Å²) in [6, 6.07) is 5.38. The third-order valence-corrected chi connectivity index (χ3v) is 4.51. The second-order valence-corrected chi connectivity index (χ2v) is 7.09. The molecular weight excluding hydrogens is 381 g/mol. The first-order valence-electron chi connectivity index (χ1n) is 8.20. The second kappa shape index (κ2) is 9.18. The van der Waals surface area contributed by atoms with Gasteiger partial charge in [0, 0.05) is 18.1 Å². The van der Waals surface area contributed by atoms with Crippen LogP contribution in [0.1, 0.15) is 28.0 Å². The van der Waals surface area contributed by atoms with E-state index >= 15 is 0 Å². The van der Waals surface area contributed by atoms with Gasteiger partial charge in [0.2, 0.25) is 0 Å². The summed E-state index contributed by atoms with van der Waals surface area (Å²) in [5.74, 6) is -0.343. The zero-order valence-electron chi connectivity index (χ0n) is 15.2.